The first-order valence-electron chi connectivity index (χ1n) is 7.41. The second kappa shape index (κ2) is 7.90. The zero-order valence-electron chi connectivity index (χ0n) is 14.4. The molecule has 0 saturated carbocycles. The highest BCUT2D eigenvalue weighted by molar-refractivity contribution is 7.89. The molecule has 0 spiro atoms. The maximum Gasteiger partial charge on any atom is 0.354 e. The molecule has 2 rings (SSSR count). The van der Waals surface area contributed by atoms with E-state index >= 15 is 0 Å². The normalized spacial score (nSPS) is 11.4. The quantitative estimate of drug-likeness (QED) is 0.746. The van der Waals surface area contributed by atoms with Gasteiger partial charge in [0.1, 0.15) is 10.6 Å². The smallest absolute Gasteiger partial charge is 0.354 e. The van der Waals surface area contributed by atoms with E-state index in [0.717, 1.165) is 4.31 Å². The van der Waals surface area contributed by atoms with Gasteiger partial charge in [-0.25, -0.2) is 13.2 Å². The van der Waals surface area contributed by atoms with Gasteiger partial charge in [-0.3, -0.25) is 4.79 Å². The predicted molar refractivity (Wildman–Crippen MR) is 96.7 cm³/mol. The zero-order chi connectivity index (χ0) is 19.5. The average Bonchev–Trinajstić information content (AvgIpc) is 2.96. The van der Waals surface area contributed by atoms with Crippen LogP contribution in [-0.2, 0) is 26.6 Å². The fourth-order valence-electron chi connectivity index (χ4n) is 2.22. The van der Waals surface area contributed by atoms with Crippen LogP contribution < -0.4 is 5.32 Å². The molecular formula is C16H18ClN3O5S. The maximum absolute atomic E-state index is 12.6. The number of nitrogens with zero attached hydrogens (tertiary/aromatic N) is 2. The molecule has 1 N–H and O–H groups in total. The van der Waals surface area contributed by atoms with Crippen LogP contribution in [0.15, 0.2) is 41.4 Å². The van der Waals surface area contributed by atoms with Crippen molar-refractivity contribution in [1.82, 2.24) is 8.87 Å². The molecule has 0 unspecified atom stereocenters. The minimum atomic E-state index is -3.96. The van der Waals surface area contributed by atoms with E-state index in [0.29, 0.717) is 10.7 Å². The van der Waals surface area contributed by atoms with Gasteiger partial charge in [0.05, 0.1) is 13.7 Å². The summed E-state index contributed by atoms with van der Waals surface area (Å²) in [4.78, 5) is 23.6. The van der Waals surface area contributed by atoms with Gasteiger partial charge < -0.3 is 14.6 Å². The third-order valence-corrected chi connectivity index (χ3v) is 5.56. The SMILES string of the molecule is COC(=O)c1cc(S(=O)(=O)N(C)CC(=O)Nc2cccc(Cl)c2)cn1C. The number of sulfonamides is 1. The number of methoxy groups -OCH3 is 1. The van der Waals surface area contributed by atoms with E-state index < -0.39 is 28.4 Å². The van der Waals surface area contributed by atoms with Crippen molar-refractivity contribution in [2.24, 2.45) is 7.05 Å². The van der Waals surface area contributed by atoms with Gasteiger partial charge in [0.15, 0.2) is 0 Å². The first-order chi connectivity index (χ1) is 12.1. The number of amides is 1. The number of benzene rings is 1. The summed E-state index contributed by atoms with van der Waals surface area (Å²) in [6.07, 6.45) is 1.28. The summed E-state index contributed by atoms with van der Waals surface area (Å²) in [6, 6.07) is 7.71. The van der Waals surface area contributed by atoms with E-state index in [1.54, 1.807) is 24.3 Å². The lowest BCUT2D eigenvalue weighted by atomic mass is 10.3. The lowest BCUT2D eigenvalue weighted by Gasteiger charge is -2.16. The minimum Gasteiger partial charge on any atom is -0.464 e. The summed E-state index contributed by atoms with van der Waals surface area (Å²) in [5, 5.41) is 3.02. The Morgan fingerprint density at radius 2 is 2.00 bits per heavy atom. The van der Waals surface area contributed by atoms with E-state index in [1.807, 2.05) is 0 Å². The van der Waals surface area contributed by atoms with E-state index in [4.69, 9.17) is 11.6 Å². The monoisotopic (exact) mass is 399 g/mol. The second-order valence-electron chi connectivity index (χ2n) is 5.48. The predicted octanol–water partition coefficient (Wildman–Crippen LogP) is 1.72. The average molecular weight is 400 g/mol. The Morgan fingerprint density at radius 1 is 1.31 bits per heavy atom. The number of likely N-dealkylation sites (N-methyl/N-ethyl adjacent to an activating group) is 1. The molecule has 10 heteroatoms. The number of aryl methyl sites for hydroxylation is 1. The summed E-state index contributed by atoms with van der Waals surface area (Å²) >= 11 is 5.84. The zero-order valence-corrected chi connectivity index (χ0v) is 16.0. The van der Waals surface area contributed by atoms with Gasteiger partial charge in [-0.2, -0.15) is 4.31 Å². The molecule has 0 fully saturated rings. The van der Waals surface area contributed by atoms with Crippen LogP contribution in [0, 0.1) is 0 Å². The Kier molecular flexibility index (Phi) is 6.06. The van der Waals surface area contributed by atoms with Crippen LogP contribution in [-0.4, -0.2) is 49.9 Å². The lowest BCUT2D eigenvalue weighted by molar-refractivity contribution is -0.116. The van der Waals surface area contributed by atoms with Crippen LogP contribution in [0.4, 0.5) is 5.69 Å². The summed E-state index contributed by atoms with van der Waals surface area (Å²) in [7, 11) is 0.0445. The van der Waals surface area contributed by atoms with Crippen molar-refractivity contribution in [2.75, 3.05) is 26.0 Å². The van der Waals surface area contributed by atoms with Crippen molar-refractivity contribution < 1.29 is 22.7 Å². The summed E-state index contributed by atoms with van der Waals surface area (Å²) in [6.45, 7) is -0.405. The maximum atomic E-state index is 12.6. The molecule has 140 valence electrons. The van der Waals surface area contributed by atoms with Gasteiger partial charge in [-0.15, -0.1) is 0 Å². The molecule has 0 aliphatic rings. The third-order valence-electron chi connectivity index (χ3n) is 3.56. The molecule has 0 bridgehead atoms. The van der Waals surface area contributed by atoms with Crippen LogP contribution in [0.1, 0.15) is 10.5 Å². The van der Waals surface area contributed by atoms with Crippen LogP contribution >= 0.6 is 11.6 Å². The molecule has 1 aromatic carbocycles. The Morgan fingerprint density at radius 3 is 2.62 bits per heavy atom. The van der Waals surface area contributed by atoms with Crippen LogP contribution in [0.5, 0.6) is 0 Å². The molecule has 0 atom stereocenters. The summed E-state index contributed by atoms with van der Waals surface area (Å²) < 4.78 is 32.1. The molecule has 1 aromatic heterocycles. The van der Waals surface area contributed by atoms with Crippen molar-refractivity contribution in [3.05, 3.63) is 47.2 Å². The van der Waals surface area contributed by atoms with Crippen molar-refractivity contribution in [3.8, 4) is 0 Å². The molecule has 1 amide bonds. The number of anilines is 1. The Balaban J connectivity index is 2.13. The highest BCUT2D eigenvalue weighted by Gasteiger charge is 2.26. The Bertz CT molecular complexity index is 939. The number of hydrogen-bond donors (Lipinski definition) is 1. The Labute approximate surface area is 156 Å². The lowest BCUT2D eigenvalue weighted by Crippen LogP contribution is -2.34. The molecule has 1 heterocycles. The highest BCUT2D eigenvalue weighted by atomic mass is 35.5. The van der Waals surface area contributed by atoms with Crippen LogP contribution in [0.2, 0.25) is 5.02 Å². The van der Waals surface area contributed by atoms with Crippen molar-refractivity contribution in [2.45, 2.75) is 4.90 Å². The number of nitrogens with one attached hydrogen (secondary N) is 1. The molecule has 2 aromatic rings. The molecule has 0 aliphatic heterocycles. The third kappa shape index (κ3) is 4.43. The number of ether oxygens (including phenoxy) is 1. The second-order valence-corrected chi connectivity index (χ2v) is 7.96. The van der Waals surface area contributed by atoms with E-state index in [-0.39, 0.29) is 10.6 Å². The Hall–Kier alpha value is -2.36. The first-order valence-corrected chi connectivity index (χ1v) is 9.23. The molecule has 26 heavy (non-hydrogen) atoms. The number of rotatable bonds is 6. The first kappa shape index (κ1) is 20.0. The minimum absolute atomic E-state index is 0.0860. The number of hydrogen-bond acceptors (Lipinski definition) is 5. The molecule has 0 saturated heterocycles. The van der Waals surface area contributed by atoms with Gasteiger partial charge >= 0.3 is 5.97 Å². The summed E-state index contributed by atoms with van der Waals surface area (Å²) in [5.74, 6) is -1.18. The van der Waals surface area contributed by atoms with Gasteiger partial charge in [0, 0.05) is 31.0 Å². The summed E-state index contributed by atoms with van der Waals surface area (Å²) in [5.41, 5.74) is 0.545. The van der Waals surface area contributed by atoms with E-state index in [1.165, 1.54) is 38.0 Å². The van der Waals surface area contributed by atoms with Gasteiger partial charge in [0.25, 0.3) is 0 Å². The number of esters is 1. The molecular weight excluding hydrogens is 382 g/mol. The number of carbonyl (C=O) groups is 2. The number of aromatic nitrogens is 1. The molecule has 0 aliphatic carbocycles. The van der Waals surface area contributed by atoms with Gasteiger partial charge in [-0.1, -0.05) is 17.7 Å². The molecule has 8 nitrogen and oxygen atoms in total. The van der Waals surface area contributed by atoms with Crippen LogP contribution in [0.25, 0.3) is 0 Å². The molecule has 0 radical (unpaired) electrons. The largest absolute Gasteiger partial charge is 0.464 e. The van der Waals surface area contributed by atoms with Crippen molar-refractivity contribution >= 4 is 39.2 Å². The van der Waals surface area contributed by atoms with Crippen LogP contribution in [0.3, 0.4) is 0 Å². The number of halogens is 1. The topological polar surface area (TPSA) is 97.7 Å². The van der Waals surface area contributed by atoms with Crippen molar-refractivity contribution in [3.63, 3.8) is 0 Å². The van der Waals surface area contributed by atoms with E-state index in [9.17, 15) is 18.0 Å². The number of carbonyl (C=O) groups excluding carboxylic acids is 2. The fraction of sp³-hybridized carbons (Fsp3) is 0.250. The van der Waals surface area contributed by atoms with Gasteiger partial charge in [0.2, 0.25) is 15.9 Å². The van der Waals surface area contributed by atoms with E-state index in [2.05, 4.69) is 10.1 Å². The van der Waals surface area contributed by atoms with Crippen molar-refractivity contribution in [1.29, 1.82) is 0 Å². The van der Waals surface area contributed by atoms with Gasteiger partial charge in [-0.05, 0) is 24.3 Å². The highest BCUT2D eigenvalue weighted by Crippen LogP contribution is 2.19. The fourth-order valence-corrected chi connectivity index (χ4v) is 3.61. The standard InChI is InChI=1S/C16H18ClN3O5S/c1-19-9-13(8-14(19)16(22)25-3)26(23,24)20(2)10-15(21)18-12-6-4-5-11(17)7-12/h4-9H,10H2,1-3H3,(H,18,21).